The summed E-state index contributed by atoms with van der Waals surface area (Å²) in [5.74, 6) is -2.63. The van der Waals surface area contributed by atoms with Gasteiger partial charge in [0.15, 0.2) is 23.4 Å². The van der Waals surface area contributed by atoms with Crippen LogP contribution < -0.4 is 15.5 Å². The molecule has 0 radical (unpaired) electrons. The molecule has 2 atom stereocenters. The van der Waals surface area contributed by atoms with Crippen LogP contribution in [0.3, 0.4) is 0 Å². The van der Waals surface area contributed by atoms with Crippen molar-refractivity contribution >= 4 is 28.4 Å². The standard InChI is InChI=1S/C23H25F2N5O4/c1-26-23(33)21-15-4-3-14(11-18(15)28-29-21)30-8-9-34-20(12-30)22(32)27-7-6-19(31)13-2-5-16(24)17(25)10-13/h2-5,10-11,19-20,31H,6-9,12H2,1H3,(H,26,33)(H,27,32)(H,28,29). The Morgan fingerprint density at radius 2 is 2.09 bits per heavy atom. The van der Waals surface area contributed by atoms with Crippen LogP contribution in [0, 0.1) is 11.6 Å². The van der Waals surface area contributed by atoms with E-state index in [9.17, 15) is 23.5 Å². The summed E-state index contributed by atoms with van der Waals surface area (Å²) in [5.41, 5.74) is 2.11. The normalized spacial score (nSPS) is 16.9. The zero-order chi connectivity index (χ0) is 24.2. The molecule has 11 heteroatoms. The minimum absolute atomic E-state index is 0.136. The number of fused-ring (bicyclic) bond motifs is 1. The van der Waals surface area contributed by atoms with E-state index >= 15 is 0 Å². The molecular formula is C23H25F2N5O4. The highest BCUT2D eigenvalue weighted by atomic mass is 19.2. The SMILES string of the molecule is CNC(=O)c1n[nH]c2cc(N3CCOC(C(=O)NCCC(O)c4ccc(F)c(F)c4)C3)ccc12. The predicted molar refractivity (Wildman–Crippen MR) is 120 cm³/mol. The van der Waals surface area contributed by atoms with Gasteiger partial charge in [-0.05, 0) is 42.3 Å². The van der Waals surface area contributed by atoms with E-state index in [-0.39, 0.29) is 30.3 Å². The lowest BCUT2D eigenvalue weighted by molar-refractivity contribution is -0.133. The number of carbonyl (C=O) groups excluding carboxylic acids is 2. The highest BCUT2D eigenvalue weighted by Gasteiger charge is 2.27. The number of rotatable bonds is 7. The maximum Gasteiger partial charge on any atom is 0.272 e. The number of aliphatic hydroxyl groups is 1. The number of amides is 2. The van der Waals surface area contributed by atoms with Gasteiger partial charge in [-0.2, -0.15) is 5.10 Å². The van der Waals surface area contributed by atoms with Crippen LogP contribution in [0.25, 0.3) is 10.9 Å². The second kappa shape index (κ2) is 10.1. The van der Waals surface area contributed by atoms with Gasteiger partial charge in [-0.15, -0.1) is 0 Å². The molecule has 1 fully saturated rings. The molecule has 9 nitrogen and oxygen atoms in total. The van der Waals surface area contributed by atoms with E-state index < -0.39 is 23.8 Å². The van der Waals surface area contributed by atoms with E-state index in [1.165, 1.54) is 6.07 Å². The number of nitrogens with one attached hydrogen (secondary N) is 3. The zero-order valence-electron chi connectivity index (χ0n) is 18.5. The summed E-state index contributed by atoms with van der Waals surface area (Å²) in [4.78, 5) is 26.5. The van der Waals surface area contributed by atoms with Crippen LogP contribution in [0.1, 0.15) is 28.6 Å². The topological polar surface area (TPSA) is 120 Å². The highest BCUT2D eigenvalue weighted by Crippen LogP contribution is 2.25. The number of aromatic nitrogens is 2. The van der Waals surface area contributed by atoms with Gasteiger partial charge in [0.05, 0.1) is 24.8 Å². The first kappa shape index (κ1) is 23.6. The molecule has 1 saturated heterocycles. The van der Waals surface area contributed by atoms with Crippen LogP contribution in [0.2, 0.25) is 0 Å². The van der Waals surface area contributed by atoms with Crippen molar-refractivity contribution in [3.63, 3.8) is 0 Å². The summed E-state index contributed by atoms with van der Waals surface area (Å²) in [6.07, 6.45) is -1.62. The van der Waals surface area contributed by atoms with Crippen LogP contribution in [0.5, 0.6) is 0 Å². The van der Waals surface area contributed by atoms with Gasteiger partial charge in [0, 0.05) is 31.2 Å². The third kappa shape index (κ3) is 5.00. The number of anilines is 1. The molecule has 3 aromatic rings. The van der Waals surface area contributed by atoms with Crippen molar-refractivity contribution in [1.82, 2.24) is 20.8 Å². The van der Waals surface area contributed by atoms with E-state index in [1.54, 1.807) is 7.05 Å². The Balaban J connectivity index is 1.33. The summed E-state index contributed by atoms with van der Waals surface area (Å²) in [5, 5.41) is 23.1. The van der Waals surface area contributed by atoms with Crippen LogP contribution in [-0.4, -0.2) is 66.5 Å². The molecule has 4 rings (SSSR count). The van der Waals surface area contributed by atoms with Gasteiger partial charge in [0.2, 0.25) is 0 Å². The minimum Gasteiger partial charge on any atom is -0.388 e. The Morgan fingerprint density at radius 1 is 1.26 bits per heavy atom. The number of nitrogens with zero attached hydrogens (tertiary/aromatic N) is 2. The van der Waals surface area contributed by atoms with E-state index in [0.29, 0.717) is 36.3 Å². The Labute approximate surface area is 194 Å². The third-order valence-corrected chi connectivity index (χ3v) is 5.76. The Kier molecular flexibility index (Phi) is 7.03. The van der Waals surface area contributed by atoms with Crippen molar-refractivity contribution in [1.29, 1.82) is 0 Å². The molecule has 1 aromatic heterocycles. The van der Waals surface area contributed by atoms with Crippen LogP contribution in [0.4, 0.5) is 14.5 Å². The summed E-state index contributed by atoms with van der Waals surface area (Å²) in [7, 11) is 1.54. The molecule has 0 bridgehead atoms. The summed E-state index contributed by atoms with van der Waals surface area (Å²) in [6, 6.07) is 8.75. The number of aliphatic hydroxyl groups excluding tert-OH is 1. The Bertz CT molecular complexity index is 1200. The van der Waals surface area contributed by atoms with Crippen molar-refractivity contribution in [3.8, 4) is 0 Å². The number of H-pyrrole nitrogens is 1. The lowest BCUT2D eigenvalue weighted by Gasteiger charge is -2.33. The van der Waals surface area contributed by atoms with Gasteiger partial charge < -0.3 is 25.4 Å². The average molecular weight is 473 g/mol. The quantitative estimate of drug-likeness (QED) is 0.414. The molecule has 1 aliphatic heterocycles. The van der Waals surface area contributed by atoms with Gasteiger partial charge in [-0.1, -0.05) is 6.07 Å². The Hall–Kier alpha value is -3.57. The molecule has 0 aliphatic carbocycles. The van der Waals surface area contributed by atoms with Gasteiger partial charge in [-0.25, -0.2) is 8.78 Å². The molecule has 1 aliphatic rings. The second-order valence-electron chi connectivity index (χ2n) is 7.96. The molecule has 0 spiro atoms. The molecule has 34 heavy (non-hydrogen) atoms. The number of benzene rings is 2. The van der Waals surface area contributed by atoms with Gasteiger partial charge in [0.25, 0.3) is 11.8 Å². The lowest BCUT2D eigenvalue weighted by Crippen LogP contribution is -2.50. The largest absolute Gasteiger partial charge is 0.388 e. The van der Waals surface area contributed by atoms with E-state index in [4.69, 9.17) is 4.74 Å². The van der Waals surface area contributed by atoms with Gasteiger partial charge in [0.1, 0.15) is 0 Å². The molecular weight excluding hydrogens is 448 g/mol. The fourth-order valence-electron chi connectivity index (χ4n) is 3.87. The monoisotopic (exact) mass is 473 g/mol. The van der Waals surface area contributed by atoms with Crippen molar-refractivity contribution in [3.05, 3.63) is 59.3 Å². The number of ether oxygens (including phenoxy) is 1. The molecule has 4 N–H and O–H groups in total. The summed E-state index contributed by atoms with van der Waals surface area (Å²) < 4.78 is 32.0. The average Bonchev–Trinajstić information content (AvgIpc) is 3.28. The number of halogens is 2. The number of aromatic amines is 1. The predicted octanol–water partition coefficient (Wildman–Crippen LogP) is 1.65. The smallest absolute Gasteiger partial charge is 0.272 e. The van der Waals surface area contributed by atoms with Crippen LogP contribution >= 0.6 is 0 Å². The van der Waals surface area contributed by atoms with Crippen molar-refractivity contribution in [2.45, 2.75) is 18.6 Å². The number of carbonyl (C=O) groups is 2. The van der Waals surface area contributed by atoms with Crippen LogP contribution in [-0.2, 0) is 9.53 Å². The molecule has 2 unspecified atom stereocenters. The first-order chi connectivity index (χ1) is 16.4. The van der Waals surface area contributed by atoms with Gasteiger partial charge in [-0.3, -0.25) is 14.7 Å². The fourth-order valence-corrected chi connectivity index (χ4v) is 3.87. The first-order valence-corrected chi connectivity index (χ1v) is 10.8. The maximum atomic E-state index is 13.3. The number of hydrogen-bond donors (Lipinski definition) is 4. The van der Waals surface area contributed by atoms with Gasteiger partial charge >= 0.3 is 0 Å². The molecule has 2 amide bonds. The fraction of sp³-hybridized carbons (Fsp3) is 0.348. The Morgan fingerprint density at radius 3 is 2.85 bits per heavy atom. The first-order valence-electron chi connectivity index (χ1n) is 10.8. The summed E-state index contributed by atoms with van der Waals surface area (Å²) >= 11 is 0. The van der Waals surface area contributed by atoms with E-state index in [2.05, 4.69) is 20.8 Å². The van der Waals surface area contributed by atoms with Crippen molar-refractivity contribution in [2.75, 3.05) is 38.2 Å². The number of morpholine rings is 1. The van der Waals surface area contributed by atoms with E-state index in [0.717, 1.165) is 17.8 Å². The molecule has 0 saturated carbocycles. The molecule has 180 valence electrons. The maximum absolute atomic E-state index is 13.3. The van der Waals surface area contributed by atoms with E-state index in [1.807, 2.05) is 23.1 Å². The van der Waals surface area contributed by atoms with Crippen LogP contribution in [0.15, 0.2) is 36.4 Å². The zero-order valence-corrected chi connectivity index (χ0v) is 18.5. The molecule has 2 heterocycles. The minimum atomic E-state index is -1.04. The highest BCUT2D eigenvalue weighted by molar-refractivity contribution is 6.05. The third-order valence-electron chi connectivity index (χ3n) is 5.76. The second-order valence-corrected chi connectivity index (χ2v) is 7.96. The van der Waals surface area contributed by atoms with Crippen molar-refractivity contribution < 1.29 is 28.2 Å². The molecule has 2 aromatic carbocycles. The summed E-state index contributed by atoms with van der Waals surface area (Å²) in [6.45, 7) is 1.39. The lowest BCUT2D eigenvalue weighted by atomic mass is 10.1. The van der Waals surface area contributed by atoms with Crippen molar-refractivity contribution in [2.24, 2.45) is 0 Å². The number of hydrogen-bond acceptors (Lipinski definition) is 6.